The van der Waals surface area contributed by atoms with Gasteiger partial charge >= 0.3 is 0 Å². The second-order valence-corrected chi connectivity index (χ2v) is 7.96. The SMILES string of the molecule is CC1c2ccccc2N(S(=O)(=O)c2cccc(-n3cnnn3)c2)C1C. The van der Waals surface area contributed by atoms with Crippen LogP contribution in [0.3, 0.4) is 0 Å². The van der Waals surface area contributed by atoms with Gasteiger partial charge in [-0.05, 0) is 47.2 Å². The fraction of sp³-hybridized carbons (Fsp3) is 0.235. The molecule has 0 amide bonds. The van der Waals surface area contributed by atoms with Crippen LogP contribution in [0.1, 0.15) is 25.3 Å². The van der Waals surface area contributed by atoms with E-state index in [2.05, 4.69) is 22.4 Å². The smallest absolute Gasteiger partial charge is 0.263 e. The quantitative estimate of drug-likeness (QED) is 0.720. The summed E-state index contributed by atoms with van der Waals surface area (Å²) in [5, 5.41) is 11.0. The average molecular weight is 355 g/mol. The monoisotopic (exact) mass is 355 g/mol. The zero-order valence-corrected chi connectivity index (χ0v) is 14.6. The van der Waals surface area contributed by atoms with Gasteiger partial charge in [0.15, 0.2) is 0 Å². The maximum atomic E-state index is 13.3. The lowest BCUT2D eigenvalue weighted by Crippen LogP contribution is -2.36. The highest BCUT2D eigenvalue weighted by molar-refractivity contribution is 7.92. The summed E-state index contributed by atoms with van der Waals surface area (Å²) in [6, 6.07) is 14.1. The van der Waals surface area contributed by atoms with Crippen LogP contribution in [0.25, 0.3) is 5.69 Å². The Morgan fingerprint density at radius 1 is 1.04 bits per heavy atom. The minimum absolute atomic E-state index is 0.133. The third-order valence-corrected chi connectivity index (χ3v) is 6.64. The number of hydrogen-bond acceptors (Lipinski definition) is 5. The molecule has 0 saturated carbocycles. The lowest BCUT2D eigenvalue weighted by Gasteiger charge is -2.26. The van der Waals surface area contributed by atoms with E-state index in [0.717, 1.165) is 11.3 Å². The minimum Gasteiger partial charge on any atom is -0.263 e. The van der Waals surface area contributed by atoms with Gasteiger partial charge in [-0.3, -0.25) is 4.31 Å². The van der Waals surface area contributed by atoms with Crippen LogP contribution in [0.2, 0.25) is 0 Å². The molecule has 2 heterocycles. The molecule has 0 aliphatic carbocycles. The third-order valence-electron chi connectivity index (χ3n) is 4.75. The molecule has 2 atom stereocenters. The normalized spacial score (nSPS) is 19.8. The van der Waals surface area contributed by atoms with Crippen molar-refractivity contribution < 1.29 is 8.42 Å². The Kier molecular flexibility index (Phi) is 3.57. The van der Waals surface area contributed by atoms with E-state index >= 15 is 0 Å². The molecule has 0 bridgehead atoms. The van der Waals surface area contributed by atoms with E-state index in [9.17, 15) is 8.42 Å². The minimum atomic E-state index is -3.70. The first-order valence-electron chi connectivity index (χ1n) is 7.97. The van der Waals surface area contributed by atoms with Crippen molar-refractivity contribution in [1.29, 1.82) is 0 Å². The van der Waals surface area contributed by atoms with Crippen LogP contribution in [-0.2, 0) is 10.0 Å². The predicted molar refractivity (Wildman–Crippen MR) is 93.1 cm³/mol. The van der Waals surface area contributed by atoms with Gasteiger partial charge < -0.3 is 0 Å². The van der Waals surface area contributed by atoms with Crippen molar-refractivity contribution in [3.05, 3.63) is 60.4 Å². The summed E-state index contributed by atoms with van der Waals surface area (Å²) in [7, 11) is -3.70. The molecule has 0 fully saturated rings. The van der Waals surface area contributed by atoms with Crippen LogP contribution in [0.4, 0.5) is 5.69 Å². The van der Waals surface area contributed by atoms with Gasteiger partial charge in [-0.1, -0.05) is 31.2 Å². The Labute approximate surface area is 146 Å². The van der Waals surface area contributed by atoms with Gasteiger partial charge in [0.1, 0.15) is 6.33 Å². The Morgan fingerprint density at radius 3 is 2.60 bits per heavy atom. The number of nitrogens with zero attached hydrogens (tertiary/aromatic N) is 5. The van der Waals surface area contributed by atoms with Crippen LogP contribution in [0.5, 0.6) is 0 Å². The van der Waals surface area contributed by atoms with Crippen molar-refractivity contribution in [2.24, 2.45) is 0 Å². The Hall–Kier alpha value is -2.74. The van der Waals surface area contributed by atoms with E-state index in [0.29, 0.717) is 5.69 Å². The topological polar surface area (TPSA) is 81.0 Å². The van der Waals surface area contributed by atoms with Gasteiger partial charge in [0.25, 0.3) is 10.0 Å². The number of sulfonamides is 1. The van der Waals surface area contributed by atoms with Crippen molar-refractivity contribution in [3.63, 3.8) is 0 Å². The average Bonchev–Trinajstić information content (AvgIpc) is 3.24. The first kappa shape index (κ1) is 15.8. The summed E-state index contributed by atoms with van der Waals surface area (Å²) in [6.45, 7) is 3.99. The van der Waals surface area contributed by atoms with Gasteiger partial charge in [0.2, 0.25) is 0 Å². The number of anilines is 1. The number of hydrogen-bond donors (Lipinski definition) is 0. The molecule has 4 rings (SSSR count). The molecule has 2 aromatic carbocycles. The van der Waals surface area contributed by atoms with E-state index in [1.165, 1.54) is 15.3 Å². The Bertz CT molecular complexity index is 1020. The fourth-order valence-corrected chi connectivity index (χ4v) is 5.08. The summed E-state index contributed by atoms with van der Waals surface area (Å²) in [5.74, 6) is 0.133. The fourth-order valence-electron chi connectivity index (χ4n) is 3.28. The summed E-state index contributed by atoms with van der Waals surface area (Å²) in [5.41, 5.74) is 2.39. The van der Waals surface area contributed by atoms with Gasteiger partial charge in [-0.25, -0.2) is 13.1 Å². The van der Waals surface area contributed by atoms with Crippen molar-refractivity contribution in [1.82, 2.24) is 20.2 Å². The number of aromatic nitrogens is 4. The first-order chi connectivity index (χ1) is 12.0. The standard InChI is InChI=1S/C17H17N5O2S/c1-12-13(2)22(17-9-4-3-8-16(12)17)25(23,24)15-7-5-6-14(10-15)21-11-18-19-20-21/h3-13H,1-2H3. The number of rotatable bonds is 3. The molecule has 1 aliphatic heterocycles. The zero-order chi connectivity index (χ0) is 17.6. The molecule has 0 spiro atoms. The summed E-state index contributed by atoms with van der Waals surface area (Å²) >= 11 is 0. The van der Waals surface area contributed by atoms with Crippen LogP contribution >= 0.6 is 0 Å². The van der Waals surface area contributed by atoms with Crippen molar-refractivity contribution >= 4 is 15.7 Å². The van der Waals surface area contributed by atoms with Gasteiger partial charge in [-0.2, -0.15) is 0 Å². The lowest BCUT2D eigenvalue weighted by molar-refractivity contribution is 0.573. The van der Waals surface area contributed by atoms with Crippen LogP contribution in [0, 0.1) is 0 Å². The zero-order valence-electron chi connectivity index (χ0n) is 13.8. The molecule has 0 saturated heterocycles. The van der Waals surface area contributed by atoms with Crippen molar-refractivity contribution in [2.75, 3.05) is 4.31 Å². The third kappa shape index (κ3) is 2.41. The van der Waals surface area contributed by atoms with Crippen LogP contribution < -0.4 is 4.31 Å². The van der Waals surface area contributed by atoms with E-state index < -0.39 is 10.0 Å². The molecule has 3 aromatic rings. The summed E-state index contributed by atoms with van der Waals surface area (Å²) < 4.78 is 29.6. The highest BCUT2D eigenvalue weighted by Gasteiger charge is 2.40. The number of fused-ring (bicyclic) bond motifs is 1. The number of tetrazole rings is 1. The molecule has 25 heavy (non-hydrogen) atoms. The Morgan fingerprint density at radius 2 is 1.84 bits per heavy atom. The maximum Gasteiger partial charge on any atom is 0.264 e. The molecular formula is C17H17N5O2S. The first-order valence-corrected chi connectivity index (χ1v) is 9.41. The second-order valence-electron chi connectivity index (χ2n) is 6.14. The number of para-hydroxylation sites is 1. The van der Waals surface area contributed by atoms with E-state index in [4.69, 9.17) is 0 Å². The molecule has 128 valence electrons. The molecule has 7 nitrogen and oxygen atoms in total. The molecule has 1 aliphatic rings. The molecule has 0 radical (unpaired) electrons. The molecule has 1 aromatic heterocycles. The molecule has 2 unspecified atom stereocenters. The lowest BCUT2D eigenvalue weighted by atomic mass is 9.99. The van der Waals surface area contributed by atoms with Crippen LogP contribution in [-0.4, -0.2) is 34.7 Å². The molecular weight excluding hydrogens is 338 g/mol. The van der Waals surface area contributed by atoms with Gasteiger partial charge in [0, 0.05) is 12.0 Å². The second kappa shape index (κ2) is 5.66. The highest BCUT2D eigenvalue weighted by Crippen LogP contribution is 2.43. The number of benzene rings is 2. The van der Waals surface area contributed by atoms with E-state index in [-0.39, 0.29) is 16.9 Å². The van der Waals surface area contributed by atoms with E-state index in [1.54, 1.807) is 24.3 Å². The van der Waals surface area contributed by atoms with Gasteiger partial charge in [0.05, 0.1) is 16.3 Å². The van der Waals surface area contributed by atoms with Crippen molar-refractivity contribution in [3.8, 4) is 5.69 Å². The highest BCUT2D eigenvalue weighted by atomic mass is 32.2. The summed E-state index contributed by atoms with van der Waals surface area (Å²) in [4.78, 5) is 0.219. The van der Waals surface area contributed by atoms with Crippen molar-refractivity contribution in [2.45, 2.75) is 30.7 Å². The predicted octanol–water partition coefficient (Wildman–Crippen LogP) is 2.36. The van der Waals surface area contributed by atoms with Crippen LogP contribution in [0.15, 0.2) is 59.8 Å². The molecule has 8 heteroatoms. The Balaban J connectivity index is 1.82. The van der Waals surface area contributed by atoms with E-state index in [1.807, 2.05) is 31.2 Å². The maximum absolute atomic E-state index is 13.3. The summed E-state index contributed by atoms with van der Waals surface area (Å²) in [6.07, 6.45) is 1.43. The largest absolute Gasteiger partial charge is 0.264 e. The van der Waals surface area contributed by atoms with Gasteiger partial charge in [-0.15, -0.1) is 5.10 Å². The molecule has 0 N–H and O–H groups in total.